The third-order valence-electron chi connectivity index (χ3n) is 3.73. The molecule has 0 radical (unpaired) electrons. The maximum absolute atomic E-state index is 12.6. The Hall–Kier alpha value is -1.14. The van der Waals surface area contributed by atoms with Crippen molar-refractivity contribution >= 4 is 11.8 Å². The van der Waals surface area contributed by atoms with Gasteiger partial charge < -0.3 is 15.5 Å². The molecule has 0 bridgehead atoms. The van der Waals surface area contributed by atoms with Gasteiger partial charge in [-0.25, -0.2) is 0 Å². The SMILES string of the molecule is CCCNC(=O)CN(C)C(=O)C(C)(C)N1CCNCC1. The summed E-state index contributed by atoms with van der Waals surface area (Å²) < 4.78 is 0. The lowest BCUT2D eigenvalue weighted by Crippen LogP contribution is -2.60. The minimum absolute atomic E-state index is 0.00829. The number of nitrogens with zero attached hydrogens (tertiary/aromatic N) is 2. The van der Waals surface area contributed by atoms with Crippen LogP contribution in [0.4, 0.5) is 0 Å². The number of nitrogens with one attached hydrogen (secondary N) is 2. The lowest BCUT2D eigenvalue weighted by Gasteiger charge is -2.41. The molecule has 1 fully saturated rings. The van der Waals surface area contributed by atoms with E-state index in [-0.39, 0.29) is 18.4 Å². The molecule has 1 aliphatic rings. The van der Waals surface area contributed by atoms with E-state index >= 15 is 0 Å². The predicted molar refractivity (Wildman–Crippen MR) is 79.5 cm³/mol. The van der Waals surface area contributed by atoms with Crippen molar-refractivity contribution in [2.45, 2.75) is 32.7 Å². The van der Waals surface area contributed by atoms with Gasteiger partial charge in [-0.15, -0.1) is 0 Å². The number of carbonyl (C=O) groups is 2. The first kappa shape index (κ1) is 16.9. The van der Waals surface area contributed by atoms with Gasteiger partial charge in [0.1, 0.15) is 0 Å². The van der Waals surface area contributed by atoms with Gasteiger partial charge in [0.25, 0.3) is 0 Å². The molecule has 0 aromatic rings. The van der Waals surface area contributed by atoms with E-state index in [1.54, 1.807) is 7.05 Å². The second kappa shape index (κ2) is 7.59. The molecule has 6 nitrogen and oxygen atoms in total. The molecule has 0 aliphatic carbocycles. The molecule has 0 spiro atoms. The zero-order valence-electron chi connectivity index (χ0n) is 13.2. The molecule has 1 heterocycles. The lowest BCUT2D eigenvalue weighted by molar-refractivity contribution is -0.144. The van der Waals surface area contributed by atoms with E-state index in [2.05, 4.69) is 15.5 Å². The van der Waals surface area contributed by atoms with Crippen LogP contribution in [0.15, 0.2) is 0 Å². The number of hydrogen-bond acceptors (Lipinski definition) is 4. The summed E-state index contributed by atoms with van der Waals surface area (Å²) in [7, 11) is 1.69. The van der Waals surface area contributed by atoms with Gasteiger partial charge in [0.15, 0.2) is 0 Å². The van der Waals surface area contributed by atoms with Gasteiger partial charge in [0, 0.05) is 39.8 Å². The van der Waals surface area contributed by atoms with E-state index in [0.717, 1.165) is 32.6 Å². The molecule has 0 aromatic heterocycles. The van der Waals surface area contributed by atoms with E-state index in [9.17, 15) is 9.59 Å². The average Bonchev–Trinajstić information content (AvgIpc) is 2.45. The number of piperazine rings is 1. The highest BCUT2D eigenvalue weighted by Gasteiger charge is 2.37. The number of hydrogen-bond donors (Lipinski definition) is 2. The fraction of sp³-hybridized carbons (Fsp3) is 0.857. The summed E-state index contributed by atoms with van der Waals surface area (Å²) in [5.41, 5.74) is -0.568. The first-order valence-corrected chi connectivity index (χ1v) is 7.37. The molecule has 1 aliphatic heterocycles. The van der Waals surface area contributed by atoms with E-state index < -0.39 is 5.54 Å². The highest BCUT2D eigenvalue weighted by molar-refractivity contribution is 5.89. The normalized spacial score (nSPS) is 16.8. The predicted octanol–water partition coefficient (Wildman–Crippen LogP) is -0.345. The Morgan fingerprint density at radius 3 is 2.45 bits per heavy atom. The number of carbonyl (C=O) groups excluding carboxylic acids is 2. The molecule has 6 heteroatoms. The Bertz CT molecular complexity index is 338. The van der Waals surface area contributed by atoms with Crippen molar-refractivity contribution in [3.63, 3.8) is 0 Å². The van der Waals surface area contributed by atoms with Gasteiger partial charge >= 0.3 is 0 Å². The first-order chi connectivity index (χ1) is 9.39. The molecule has 0 atom stereocenters. The van der Waals surface area contributed by atoms with Gasteiger partial charge in [-0.2, -0.15) is 0 Å². The summed E-state index contributed by atoms with van der Waals surface area (Å²) >= 11 is 0. The number of rotatable bonds is 6. The van der Waals surface area contributed by atoms with Gasteiger partial charge in [0.05, 0.1) is 12.1 Å². The molecule has 2 N–H and O–H groups in total. The number of amides is 2. The average molecular weight is 284 g/mol. The first-order valence-electron chi connectivity index (χ1n) is 7.37. The van der Waals surface area contributed by atoms with Crippen LogP contribution >= 0.6 is 0 Å². The summed E-state index contributed by atoms with van der Waals surface area (Å²) in [6.45, 7) is 10.2. The van der Waals surface area contributed by atoms with E-state index in [0.29, 0.717) is 6.54 Å². The smallest absolute Gasteiger partial charge is 0.242 e. The van der Waals surface area contributed by atoms with Crippen molar-refractivity contribution in [3.8, 4) is 0 Å². The molecule has 116 valence electrons. The monoisotopic (exact) mass is 284 g/mol. The molecular weight excluding hydrogens is 256 g/mol. The molecule has 1 saturated heterocycles. The van der Waals surface area contributed by atoms with E-state index in [1.165, 1.54) is 4.90 Å². The largest absolute Gasteiger partial charge is 0.355 e. The van der Waals surface area contributed by atoms with Crippen LogP contribution < -0.4 is 10.6 Å². The molecule has 1 rings (SSSR count). The molecule has 0 unspecified atom stereocenters. The Morgan fingerprint density at radius 2 is 1.90 bits per heavy atom. The van der Waals surface area contributed by atoms with E-state index in [1.807, 2.05) is 20.8 Å². The molecular formula is C14H28N4O2. The Kier molecular flexibility index (Phi) is 6.42. The minimum Gasteiger partial charge on any atom is -0.355 e. The van der Waals surface area contributed by atoms with Crippen LogP contribution in [0.3, 0.4) is 0 Å². The van der Waals surface area contributed by atoms with Crippen LogP contribution in [0.5, 0.6) is 0 Å². The highest BCUT2D eigenvalue weighted by atomic mass is 16.2. The van der Waals surface area contributed by atoms with Gasteiger partial charge in [-0.1, -0.05) is 6.92 Å². The second-order valence-electron chi connectivity index (χ2n) is 5.81. The van der Waals surface area contributed by atoms with Crippen molar-refractivity contribution in [2.75, 3.05) is 46.3 Å². The van der Waals surface area contributed by atoms with Crippen LogP contribution in [-0.2, 0) is 9.59 Å². The molecule has 20 heavy (non-hydrogen) atoms. The summed E-state index contributed by atoms with van der Waals surface area (Å²) in [5, 5.41) is 6.07. The summed E-state index contributed by atoms with van der Waals surface area (Å²) in [6, 6.07) is 0. The second-order valence-corrected chi connectivity index (χ2v) is 5.81. The topological polar surface area (TPSA) is 64.7 Å². The van der Waals surface area contributed by atoms with Crippen LogP contribution in [0, 0.1) is 0 Å². The minimum atomic E-state index is -0.568. The summed E-state index contributed by atoms with van der Waals surface area (Å²) in [5.74, 6) is -0.107. The van der Waals surface area contributed by atoms with Gasteiger partial charge in [0.2, 0.25) is 11.8 Å². The maximum Gasteiger partial charge on any atom is 0.242 e. The highest BCUT2D eigenvalue weighted by Crippen LogP contribution is 2.17. The van der Waals surface area contributed by atoms with E-state index in [4.69, 9.17) is 0 Å². The lowest BCUT2D eigenvalue weighted by atomic mass is 9.99. The fourth-order valence-corrected chi connectivity index (χ4v) is 2.43. The summed E-state index contributed by atoms with van der Waals surface area (Å²) in [6.07, 6.45) is 0.898. The fourth-order valence-electron chi connectivity index (χ4n) is 2.43. The third-order valence-corrected chi connectivity index (χ3v) is 3.73. The third kappa shape index (κ3) is 4.45. The summed E-state index contributed by atoms with van der Waals surface area (Å²) in [4.78, 5) is 27.9. The van der Waals surface area contributed by atoms with Crippen LogP contribution in [-0.4, -0.2) is 73.5 Å². The van der Waals surface area contributed by atoms with Crippen molar-refractivity contribution < 1.29 is 9.59 Å². The van der Waals surface area contributed by atoms with Crippen LogP contribution in [0.25, 0.3) is 0 Å². The van der Waals surface area contributed by atoms with Crippen molar-refractivity contribution in [1.29, 1.82) is 0 Å². The molecule has 0 aromatic carbocycles. The van der Waals surface area contributed by atoms with Gasteiger partial charge in [-0.3, -0.25) is 14.5 Å². The Labute approximate surface area is 121 Å². The molecule has 2 amide bonds. The zero-order valence-corrected chi connectivity index (χ0v) is 13.2. The maximum atomic E-state index is 12.6. The number of likely N-dealkylation sites (N-methyl/N-ethyl adjacent to an activating group) is 1. The quantitative estimate of drug-likeness (QED) is 0.700. The van der Waals surface area contributed by atoms with Crippen LogP contribution in [0.2, 0.25) is 0 Å². The van der Waals surface area contributed by atoms with Crippen LogP contribution in [0.1, 0.15) is 27.2 Å². The van der Waals surface area contributed by atoms with Gasteiger partial charge in [-0.05, 0) is 20.3 Å². The van der Waals surface area contributed by atoms with Crippen molar-refractivity contribution in [1.82, 2.24) is 20.4 Å². The Balaban J connectivity index is 2.55. The van der Waals surface area contributed by atoms with Crippen molar-refractivity contribution in [3.05, 3.63) is 0 Å². The Morgan fingerprint density at radius 1 is 1.30 bits per heavy atom. The standard InChI is InChI=1S/C14H28N4O2/c1-5-6-16-12(19)11-17(4)13(20)14(2,3)18-9-7-15-8-10-18/h15H,5-11H2,1-4H3,(H,16,19). The van der Waals surface area contributed by atoms with Crippen molar-refractivity contribution in [2.24, 2.45) is 0 Å². The molecule has 0 saturated carbocycles. The zero-order chi connectivity index (χ0) is 15.2.